The van der Waals surface area contributed by atoms with Crippen LogP contribution in [0.1, 0.15) is 13.3 Å². The molecule has 2 bridgehead atoms. The van der Waals surface area contributed by atoms with Crippen molar-refractivity contribution in [2.24, 2.45) is 0 Å². The second-order valence-corrected chi connectivity index (χ2v) is 8.01. The fraction of sp³-hybridized carbons (Fsp3) is 0.421. The summed E-state index contributed by atoms with van der Waals surface area (Å²) in [5.74, 6) is -0.436. The first-order chi connectivity index (χ1) is 15.7. The predicted octanol–water partition coefficient (Wildman–Crippen LogP) is 1.04. The minimum atomic E-state index is -4.56. The number of anilines is 1. The third kappa shape index (κ3) is 3.81. The summed E-state index contributed by atoms with van der Waals surface area (Å²) in [7, 11) is 0. The van der Waals surface area contributed by atoms with Crippen molar-refractivity contribution in [1.29, 1.82) is 0 Å². The lowest BCUT2D eigenvalue weighted by Gasteiger charge is -2.40. The second-order valence-electron chi connectivity index (χ2n) is 8.01. The zero-order chi connectivity index (χ0) is 23.3. The van der Waals surface area contributed by atoms with Gasteiger partial charge in [-0.05, 0) is 19.4 Å². The number of alkyl halides is 3. The maximum absolute atomic E-state index is 13.2. The molecule has 0 aliphatic carbocycles. The molecule has 11 nitrogen and oxygen atoms in total. The molecule has 4 N–H and O–H groups in total. The number of H-pyrrole nitrogens is 1. The van der Waals surface area contributed by atoms with Crippen molar-refractivity contribution in [3.05, 3.63) is 36.2 Å². The molecule has 2 aromatic heterocycles. The lowest BCUT2D eigenvalue weighted by Crippen LogP contribution is -2.57. The van der Waals surface area contributed by atoms with Gasteiger partial charge in [-0.15, -0.1) is 0 Å². The van der Waals surface area contributed by atoms with Crippen LogP contribution in [-0.2, 0) is 4.79 Å². The van der Waals surface area contributed by atoms with Crippen LogP contribution in [0.2, 0.25) is 0 Å². The number of carbonyl (C=O) groups excluding carboxylic acids is 2. The molecule has 0 saturated carbocycles. The third-order valence-electron chi connectivity index (χ3n) is 5.84. The molecule has 2 aromatic rings. The lowest BCUT2D eigenvalue weighted by atomic mass is 10.1. The Bertz CT molecular complexity index is 1170. The van der Waals surface area contributed by atoms with Crippen LogP contribution < -0.4 is 16.0 Å². The fourth-order valence-electron chi connectivity index (χ4n) is 4.10. The van der Waals surface area contributed by atoms with Crippen molar-refractivity contribution in [1.82, 2.24) is 40.4 Å². The van der Waals surface area contributed by atoms with E-state index in [9.17, 15) is 22.8 Å². The number of hydrogen-bond acceptors (Lipinski definition) is 7. The Morgan fingerprint density at radius 2 is 2.12 bits per heavy atom. The van der Waals surface area contributed by atoms with Gasteiger partial charge in [0.05, 0.1) is 24.3 Å². The first-order valence-electron chi connectivity index (χ1n) is 10.3. The van der Waals surface area contributed by atoms with E-state index < -0.39 is 30.2 Å². The molecule has 5 rings (SSSR count). The highest BCUT2D eigenvalue weighted by molar-refractivity contribution is 5.91. The number of dihydropyridines is 1. The number of fused-ring (bicyclic) bond motifs is 4. The summed E-state index contributed by atoms with van der Waals surface area (Å²) in [5, 5.41) is 7.54. The zero-order valence-corrected chi connectivity index (χ0v) is 17.3. The first kappa shape index (κ1) is 21.0. The molecule has 3 aliphatic rings. The average Bonchev–Trinajstić information content (AvgIpc) is 3.40. The average molecular weight is 463 g/mol. The van der Waals surface area contributed by atoms with E-state index in [-0.39, 0.29) is 12.0 Å². The predicted molar refractivity (Wildman–Crippen MR) is 109 cm³/mol. The Kier molecular flexibility index (Phi) is 4.87. The summed E-state index contributed by atoms with van der Waals surface area (Å²) in [6.45, 7) is 2.17. The molecule has 3 aliphatic heterocycles. The molecule has 1 saturated heterocycles. The number of carbonyl (C=O) groups is 2. The molecule has 1 unspecified atom stereocenters. The summed E-state index contributed by atoms with van der Waals surface area (Å²) >= 11 is 0. The molecule has 0 radical (unpaired) electrons. The molecule has 0 aromatic carbocycles. The van der Waals surface area contributed by atoms with Gasteiger partial charge in [0.2, 0.25) is 11.9 Å². The van der Waals surface area contributed by atoms with Gasteiger partial charge in [0.15, 0.2) is 5.65 Å². The van der Waals surface area contributed by atoms with Gasteiger partial charge in [-0.2, -0.15) is 18.2 Å². The number of hydrogen-bond donors (Lipinski definition) is 4. The largest absolute Gasteiger partial charge is 0.408 e. The van der Waals surface area contributed by atoms with Crippen LogP contribution in [-0.4, -0.2) is 79.1 Å². The van der Waals surface area contributed by atoms with E-state index in [1.807, 2.05) is 5.32 Å². The van der Waals surface area contributed by atoms with Crippen molar-refractivity contribution in [3.63, 3.8) is 0 Å². The molecular formula is C19H20F3N9O2. The van der Waals surface area contributed by atoms with Crippen LogP contribution in [0.3, 0.4) is 0 Å². The minimum absolute atomic E-state index is 0.0572. The van der Waals surface area contributed by atoms with Gasteiger partial charge in [0, 0.05) is 13.1 Å². The highest BCUT2D eigenvalue weighted by Gasteiger charge is 2.43. The Hall–Kier alpha value is -3.84. The van der Waals surface area contributed by atoms with Crippen LogP contribution in [0, 0.1) is 0 Å². The van der Waals surface area contributed by atoms with E-state index in [4.69, 9.17) is 0 Å². The first-order valence-corrected chi connectivity index (χ1v) is 10.3. The summed E-state index contributed by atoms with van der Waals surface area (Å²) in [4.78, 5) is 44.4. The number of aromatic amines is 1. The summed E-state index contributed by atoms with van der Waals surface area (Å²) in [5.41, 5.74) is 1.69. The number of halogens is 3. The monoisotopic (exact) mass is 463 g/mol. The van der Waals surface area contributed by atoms with Crippen molar-refractivity contribution in [2.75, 3.05) is 18.4 Å². The fourth-order valence-corrected chi connectivity index (χ4v) is 4.10. The highest BCUT2D eigenvalue weighted by atomic mass is 19.4. The van der Waals surface area contributed by atoms with Crippen LogP contribution in [0.4, 0.5) is 23.9 Å². The number of nitrogens with one attached hydrogen (secondary N) is 4. The molecule has 14 heteroatoms. The lowest BCUT2D eigenvalue weighted by molar-refractivity contribution is -0.158. The molecule has 33 heavy (non-hydrogen) atoms. The maximum atomic E-state index is 13.2. The molecule has 3 atom stereocenters. The molecule has 1 fully saturated rings. The molecule has 174 valence electrons. The number of rotatable bonds is 3. The highest BCUT2D eigenvalue weighted by Crippen LogP contribution is 2.33. The Morgan fingerprint density at radius 1 is 1.30 bits per heavy atom. The normalized spacial score (nSPS) is 22.8. The number of imidazole rings is 1. The zero-order valence-electron chi connectivity index (χ0n) is 17.3. The standard InChI is InChI=1S/C19H20F3N9O2/c1-9(19(20,21)22)26-16(32)11-2-3-13-15(27-11)31(10-4-5-30(13)7-10)18(33)29-17-23-6-12-14(28-17)25-8-24-12/h2-3,6,8-11,27H,4-5,7H2,1H3,(H,26,32)(H2,23,24,25,28,29,33)/t9-,10+,11?/m1/s1. The number of urea groups is 1. The van der Waals surface area contributed by atoms with E-state index in [0.717, 1.165) is 6.92 Å². The van der Waals surface area contributed by atoms with Gasteiger partial charge < -0.3 is 20.5 Å². The second kappa shape index (κ2) is 7.64. The smallest absolute Gasteiger partial charge is 0.366 e. The van der Waals surface area contributed by atoms with Crippen molar-refractivity contribution in [2.45, 2.75) is 37.6 Å². The van der Waals surface area contributed by atoms with Crippen LogP contribution in [0.25, 0.3) is 11.2 Å². The van der Waals surface area contributed by atoms with E-state index in [1.54, 1.807) is 6.08 Å². The van der Waals surface area contributed by atoms with E-state index >= 15 is 0 Å². The molecule has 3 amide bonds. The van der Waals surface area contributed by atoms with Gasteiger partial charge >= 0.3 is 12.2 Å². The minimum Gasteiger partial charge on any atom is -0.366 e. The third-order valence-corrected chi connectivity index (χ3v) is 5.84. The topological polar surface area (TPSA) is 131 Å². The van der Waals surface area contributed by atoms with Crippen molar-refractivity contribution >= 4 is 29.1 Å². The number of nitrogens with zero attached hydrogens (tertiary/aromatic N) is 5. The van der Waals surface area contributed by atoms with Gasteiger partial charge in [-0.3, -0.25) is 15.0 Å². The van der Waals surface area contributed by atoms with Gasteiger partial charge in [-0.25, -0.2) is 14.8 Å². The maximum Gasteiger partial charge on any atom is 0.408 e. The van der Waals surface area contributed by atoms with Crippen molar-refractivity contribution in [3.8, 4) is 0 Å². The number of aromatic nitrogens is 4. The Morgan fingerprint density at radius 3 is 2.91 bits per heavy atom. The summed E-state index contributed by atoms with van der Waals surface area (Å²) in [6, 6.07) is -3.78. The molecule has 5 heterocycles. The van der Waals surface area contributed by atoms with Gasteiger partial charge in [0.25, 0.3) is 0 Å². The number of allylic oxidation sites excluding steroid dienone is 1. The van der Waals surface area contributed by atoms with Crippen LogP contribution in [0.15, 0.2) is 36.2 Å². The molecule has 0 spiro atoms. The van der Waals surface area contributed by atoms with E-state index in [2.05, 4.69) is 35.5 Å². The van der Waals surface area contributed by atoms with E-state index in [0.29, 0.717) is 42.2 Å². The SMILES string of the molecule is C[C@@H](NC(=O)C1C=CC2=C(N1)N(C(=O)Nc1ncc3[nH]cnc3n1)[C@H]1CCN2C1)C(F)(F)F. The van der Waals surface area contributed by atoms with Gasteiger partial charge in [0.1, 0.15) is 23.4 Å². The molecular weight excluding hydrogens is 443 g/mol. The van der Waals surface area contributed by atoms with Gasteiger partial charge in [-0.1, -0.05) is 6.08 Å². The summed E-state index contributed by atoms with van der Waals surface area (Å²) in [6.07, 6.45) is 2.23. The van der Waals surface area contributed by atoms with E-state index in [1.165, 1.54) is 23.5 Å². The summed E-state index contributed by atoms with van der Waals surface area (Å²) < 4.78 is 38.6. The Labute approximate surface area is 185 Å². The number of amides is 3. The Balaban J connectivity index is 1.36. The van der Waals surface area contributed by atoms with Crippen LogP contribution >= 0.6 is 0 Å². The quantitative estimate of drug-likeness (QED) is 0.535. The van der Waals surface area contributed by atoms with Crippen LogP contribution in [0.5, 0.6) is 0 Å². The van der Waals surface area contributed by atoms with Crippen molar-refractivity contribution < 1.29 is 22.8 Å².